The molecular formula is C14H19N5O. The fourth-order valence-electron chi connectivity index (χ4n) is 2.95. The van der Waals surface area contributed by atoms with E-state index in [1.165, 1.54) is 25.7 Å². The molecule has 1 saturated heterocycles. The van der Waals surface area contributed by atoms with Crippen LogP contribution < -0.4 is 0 Å². The van der Waals surface area contributed by atoms with Gasteiger partial charge in [0.25, 0.3) is 0 Å². The van der Waals surface area contributed by atoms with Crippen molar-refractivity contribution in [3.05, 3.63) is 30.2 Å². The quantitative estimate of drug-likeness (QED) is 0.831. The zero-order valence-corrected chi connectivity index (χ0v) is 11.5. The highest BCUT2D eigenvalue weighted by molar-refractivity contribution is 5.03. The molecule has 1 aliphatic carbocycles. The highest BCUT2D eigenvalue weighted by atomic mass is 16.5. The van der Waals surface area contributed by atoms with E-state index in [0.717, 1.165) is 31.3 Å². The molecule has 1 atom stereocenters. The van der Waals surface area contributed by atoms with E-state index in [1.54, 1.807) is 0 Å². The molecule has 2 aromatic heterocycles. The minimum Gasteiger partial charge on any atom is -0.338 e. The fraction of sp³-hybridized carbons (Fsp3) is 0.643. The molecule has 4 rings (SSSR count). The van der Waals surface area contributed by atoms with Crippen LogP contribution in [0.5, 0.6) is 0 Å². The van der Waals surface area contributed by atoms with Gasteiger partial charge in [-0.2, -0.15) is 10.1 Å². The van der Waals surface area contributed by atoms with E-state index in [4.69, 9.17) is 4.52 Å². The summed E-state index contributed by atoms with van der Waals surface area (Å²) in [6, 6.07) is 2.49. The van der Waals surface area contributed by atoms with Crippen molar-refractivity contribution in [2.75, 3.05) is 6.54 Å². The predicted molar refractivity (Wildman–Crippen MR) is 71.9 cm³/mol. The van der Waals surface area contributed by atoms with Crippen molar-refractivity contribution < 1.29 is 4.52 Å². The summed E-state index contributed by atoms with van der Waals surface area (Å²) in [5, 5.41) is 8.39. The lowest BCUT2D eigenvalue weighted by molar-refractivity contribution is 0.192. The van der Waals surface area contributed by atoms with Crippen LogP contribution in [0.15, 0.2) is 23.0 Å². The van der Waals surface area contributed by atoms with E-state index in [2.05, 4.69) is 20.1 Å². The van der Waals surface area contributed by atoms with Crippen molar-refractivity contribution in [2.45, 2.75) is 50.7 Å². The Bertz CT molecular complexity index is 560. The van der Waals surface area contributed by atoms with Gasteiger partial charge in [-0.15, -0.1) is 0 Å². The molecule has 20 heavy (non-hydrogen) atoms. The molecule has 0 bridgehead atoms. The van der Waals surface area contributed by atoms with Crippen molar-refractivity contribution >= 4 is 0 Å². The largest absolute Gasteiger partial charge is 0.338 e. The lowest BCUT2D eigenvalue weighted by Crippen LogP contribution is -2.32. The average molecular weight is 273 g/mol. The van der Waals surface area contributed by atoms with Crippen LogP contribution in [0.3, 0.4) is 0 Å². The van der Waals surface area contributed by atoms with Crippen LogP contribution in [-0.2, 0) is 13.1 Å². The first-order chi connectivity index (χ1) is 9.88. The molecule has 2 aromatic rings. The van der Waals surface area contributed by atoms with Gasteiger partial charge < -0.3 is 4.52 Å². The summed E-state index contributed by atoms with van der Waals surface area (Å²) in [7, 11) is 0. The maximum absolute atomic E-state index is 5.39. The summed E-state index contributed by atoms with van der Waals surface area (Å²) in [6.45, 7) is 2.81. The average Bonchev–Trinajstić information content (AvgIpc) is 2.88. The molecule has 0 amide bonds. The molecule has 0 spiro atoms. The first-order valence-electron chi connectivity index (χ1n) is 7.42. The van der Waals surface area contributed by atoms with Gasteiger partial charge in [-0.25, -0.2) is 0 Å². The SMILES string of the molecule is c1cnn(C[C@H]2CCCN2Cc2nc(C3CC3)no2)c1. The number of rotatable bonds is 5. The molecule has 106 valence electrons. The number of hydrogen-bond donors (Lipinski definition) is 0. The number of nitrogens with zero attached hydrogens (tertiary/aromatic N) is 5. The number of aromatic nitrogens is 4. The standard InChI is InChI=1S/C14H19N5O/c1-3-12(9-19-8-2-6-15-19)18(7-1)10-13-16-14(17-20-13)11-4-5-11/h2,6,8,11-12H,1,3-5,7,9-10H2/t12-/m1/s1. The highest BCUT2D eigenvalue weighted by Crippen LogP contribution is 2.38. The molecule has 0 N–H and O–H groups in total. The minimum absolute atomic E-state index is 0.520. The van der Waals surface area contributed by atoms with E-state index < -0.39 is 0 Å². The van der Waals surface area contributed by atoms with Gasteiger partial charge in [0, 0.05) is 24.4 Å². The molecule has 1 saturated carbocycles. The van der Waals surface area contributed by atoms with Crippen molar-refractivity contribution in [3.8, 4) is 0 Å². The zero-order valence-electron chi connectivity index (χ0n) is 11.5. The molecule has 0 aromatic carbocycles. The number of likely N-dealkylation sites (tertiary alicyclic amines) is 1. The Hall–Kier alpha value is -1.69. The fourth-order valence-corrected chi connectivity index (χ4v) is 2.95. The monoisotopic (exact) mass is 273 g/mol. The normalized spacial score (nSPS) is 23.5. The van der Waals surface area contributed by atoms with Crippen LogP contribution in [0.4, 0.5) is 0 Å². The summed E-state index contributed by atoms with van der Waals surface area (Å²) < 4.78 is 7.39. The Morgan fingerprint density at radius 3 is 3.05 bits per heavy atom. The van der Waals surface area contributed by atoms with Gasteiger partial charge in [-0.3, -0.25) is 9.58 Å². The van der Waals surface area contributed by atoms with Crippen LogP contribution in [0, 0.1) is 0 Å². The van der Waals surface area contributed by atoms with Crippen LogP contribution >= 0.6 is 0 Å². The Kier molecular flexibility index (Phi) is 3.03. The zero-order chi connectivity index (χ0) is 13.4. The van der Waals surface area contributed by atoms with Crippen LogP contribution in [0.25, 0.3) is 0 Å². The van der Waals surface area contributed by atoms with Crippen LogP contribution in [-0.4, -0.2) is 37.4 Å². The van der Waals surface area contributed by atoms with Gasteiger partial charge in [-0.05, 0) is 38.3 Å². The second-order valence-electron chi connectivity index (χ2n) is 5.82. The van der Waals surface area contributed by atoms with E-state index in [0.29, 0.717) is 12.0 Å². The van der Waals surface area contributed by atoms with E-state index in [1.807, 2.05) is 23.1 Å². The van der Waals surface area contributed by atoms with Crippen molar-refractivity contribution in [1.82, 2.24) is 24.8 Å². The van der Waals surface area contributed by atoms with Gasteiger partial charge in [0.2, 0.25) is 5.89 Å². The lowest BCUT2D eigenvalue weighted by Gasteiger charge is -2.22. The highest BCUT2D eigenvalue weighted by Gasteiger charge is 2.30. The Balaban J connectivity index is 1.40. The van der Waals surface area contributed by atoms with Gasteiger partial charge in [0.15, 0.2) is 5.82 Å². The number of hydrogen-bond acceptors (Lipinski definition) is 5. The molecule has 6 heteroatoms. The lowest BCUT2D eigenvalue weighted by atomic mass is 10.2. The maximum atomic E-state index is 5.39. The molecule has 0 radical (unpaired) electrons. The summed E-state index contributed by atoms with van der Waals surface area (Å²) >= 11 is 0. The minimum atomic E-state index is 0.520. The van der Waals surface area contributed by atoms with E-state index >= 15 is 0 Å². The van der Waals surface area contributed by atoms with Crippen molar-refractivity contribution in [1.29, 1.82) is 0 Å². The molecule has 6 nitrogen and oxygen atoms in total. The van der Waals surface area contributed by atoms with Gasteiger partial charge in [-0.1, -0.05) is 5.16 Å². The second kappa shape index (κ2) is 5.01. The second-order valence-corrected chi connectivity index (χ2v) is 5.82. The first kappa shape index (κ1) is 12.1. The van der Waals surface area contributed by atoms with Gasteiger partial charge in [0.1, 0.15) is 0 Å². The smallest absolute Gasteiger partial charge is 0.240 e. The summed E-state index contributed by atoms with van der Waals surface area (Å²) in [5.41, 5.74) is 0. The molecule has 2 aliphatic rings. The third-order valence-electron chi connectivity index (χ3n) is 4.22. The summed E-state index contributed by atoms with van der Waals surface area (Å²) in [6.07, 6.45) is 8.72. The Labute approximate surface area is 117 Å². The topological polar surface area (TPSA) is 60.0 Å². The predicted octanol–water partition coefficient (Wildman–Crippen LogP) is 1.81. The Morgan fingerprint density at radius 2 is 2.25 bits per heavy atom. The summed E-state index contributed by atoms with van der Waals surface area (Å²) in [5.74, 6) is 2.23. The molecule has 2 fully saturated rings. The molecule has 3 heterocycles. The first-order valence-corrected chi connectivity index (χ1v) is 7.42. The van der Waals surface area contributed by atoms with E-state index in [9.17, 15) is 0 Å². The van der Waals surface area contributed by atoms with Crippen LogP contribution in [0.2, 0.25) is 0 Å². The Morgan fingerprint density at radius 1 is 1.30 bits per heavy atom. The van der Waals surface area contributed by atoms with Gasteiger partial charge in [0.05, 0.1) is 13.1 Å². The molecule has 0 unspecified atom stereocenters. The molecular weight excluding hydrogens is 254 g/mol. The summed E-state index contributed by atoms with van der Waals surface area (Å²) in [4.78, 5) is 6.96. The third-order valence-corrected chi connectivity index (χ3v) is 4.22. The van der Waals surface area contributed by atoms with Crippen LogP contribution in [0.1, 0.15) is 43.3 Å². The van der Waals surface area contributed by atoms with Crippen molar-refractivity contribution in [2.24, 2.45) is 0 Å². The van der Waals surface area contributed by atoms with E-state index in [-0.39, 0.29) is 0 Å². The molecule has 1 aliphatic heterocycles. The van der Waals surface area contributed by atoms with Gasteiger partial charge >= 0.3 is 0 Å². The third kappa shape index (κ3) is 2.47. The maximum Gasteiger partial charge on any atom is 0.240 e. The van der Waals surface area contributed by atoms with Crippen molar-refractivity contribution in [3.63, 3.8) is 0 Å².